The molecule has 0 radical (unpaired) electrons. The molecule has 1 heterocycles. The number of nitrogens with zero attached hydrogens (tertiary/aromatic N) is 2. The number of pyridine rings is 1. The van der Waals surface area contributed by atoms with Gasteiger partial charge in [-0.15, -0.1) is 0 Å². The highest BCUT2D eigenvalue weighted by molar-refractivity contribution is 5.87. The number of esters is 1. The lowest BCUT2D eigenvalue weighted by atomic mass is 10.1. The van der Waals surface area contributed by atoms with Crippen LogP contribution in [0.4, 0.5) is 0 Å². The molecule has 0 aliphatic rings. The Kier molecular flexibility index (Phi) is 5.25. The van der Waals surface area contributed by atoms with E-state index in [-0.39, 0.29) is 23.0 Å². The smallest absolute Gasteiger partial charge is 0.308 e. The van der Waals surface area contributed by atoms with Gasteiger partial charge in [0.15, 0.2) is 5.75 Å². The highest BCUT2D eigenvalue weighted by atomic mass is 79.9. The molecule has 0 unspecified atom stereocenters. The number of aromatic nitrogens is 1. The summed E-state index contributed by atoms with van der Waals surface area (Å²) in [6, 6.07) is 7.71. The molecule has 0 bridgehead atoms. The Balaban J connectivity index is 0.00000200. The van der Waals surface area contributed by atoms with E-state index in [9.17, 15) is 4.79 Å². The van der Waals surface area contributed by atoms with E-state index in [4.69, 9.17) is 4.74 Å². The SMILES string of the molecule is CC(=O)Oc1cccc2cc(C[N+](C)(C)C)cnc12.[Br-]. The maximum absolute atomic E-state index is 11.1. The number of para-hydroxylation sites is 1. The lowest BCUT2D eigenvalue weighted by molar-refractivity contribution is -0.884. The third-order valence-corrected chi connectivity index (χ3v) is 2.64. The van der Waals surface area contributed by atoms with Gasteiger partial charge in [0.25, 0.3) is 0 Å². The van der Waals surface area contributed by atoms with Gasteiger partial charge in [-0.3, -0.25) is 9.78 Å². The molecule has 0 aliphatic heterocycles. The molecule has 1 aromatic heterocycles. The van der Waals surface area contributed by atoms with Crippen LogP contribution in [0, 0.1) is 0 Å². The molecule has 0 saturated carbocycles. The second-order valence-electron chi connectivity index (χ2n) is 5.71. The Hall–Kier alpha value is -1.46. The van der Waals surface area contributed by atoms with Gasteiger partial charge in [-0.05, 0) is 12.1 Å². The molecule has 5 heteroatoms. The van der Waals surface area contributed by atoms with Crippen molar-refractivity contribution in [3.8, 4) is 5.75 Å². The highest BCUT2D eigenvalue weighted by Gasteiger charge is 2.11. The van der Waals surface area contributed by atoms with E-state index in [1.807, 2.05) is 18.3 Å². The van der Waals surface area contributed by atoms with E-state index in [2.05, 4.69) is 32.2 Å². The van der Waals surface area contributed by atoms with Crippen LogP contribution < -0.4 is 21.7 Å². The summed E-state index contributed by atoms with van der Waals surface area (Å²) < 4.78 is 6.01. The summed E-state index contributed by atoms with van der Waals surface area (Å²) in [7, 11) is 6.42. The number of carbonyl (C=O) groups is 1. The van der Waals surface area contributed by atoms with Crippen LogP contribution in [-0.4, -0.2) is 36.6 Å². The molecule has 2 aromatic rings. The zero-order valence-corrected chi connectivity index (χ0v) is 13.8. The summed E-state index contributed by atoms with van der Waals surface area (Å²) in [5.74, 6) is 0.187. The Morgan fingerprint density at radius 2 is 2.00 bits per heavy atom. The van der Waals surface area contributed by atoms with Crippen molar-refractivity contribution in [1.29, 1.82) is 0 Å². The number of hydrogen-bond donors (Lipinski definition) is 0. The minimum Gasteiger partial charge on any atom is -1.00 e. The third-order valence-electron chi connectivity index (χ3n) is 2.64. The molecule has 0 atom stereocenters. The van der Waals surface area contributed by atoms with Gasteiger partial charge in [-0.1, -0.05) is 12.1 Å². The molecule has 2 rings (SSSR count). The Morgan fingerprint density at radius 1 is 1.30 bits per heavy atom. The van der Waals surface area contributed by atoms with Gasteiger partial charge < -0.3 is 26.2 Å². The van der Waals surface area contributed by atoms with Crippen LogP contribution in [0.15, 0.2) is 30.5 Å². The molecule has 108 valence electrons. The molecule has 0 saturated heterocycles. The minimum absolute atomic E-state index is 0. The number of benzene rings is 1. The number of quaternary nitrogens is 1. The fraction of sp³-hybridized carbons (Fsp3) is 0.333. The largest absolute Gasteiger partial charge is 1.00 e. The number of rotatable bonds is 3. The number of hydrogen-bond acceptors (Lipinski definition) is 3. The van der Waals surface area contributed by atoms with Crippen LogP contribution in [0.3, 0.4) is 0 Å². The second-order valence-corrected chi connectivity index (χ2v) is 5.71. The molecular weight excluding hydrogens is 320 g/mol. The summed E-state index contributed by atoms with van der Waals surface area (Å²) >= 11 is 0. The zero-order chi connectivity index (χ0) is 14.0. The van der Waals surface area contributed by atoms with E-state index in [1.54, 1.807) is 6.07 Å². The van der Waals surface area contributed by atoms with Crippen LogP contribution in [0.1, 0.15) is 12.5 Å². The summed E-state index contributed by atoms with van der Waals surface area (Å²) in [6.07, 6.45) is 1.85. The van der Waals surface area contributed by atoms with Crippen LogP contribution in [0.5, 0.6) is 5.75 Å². The summed E-state index contributed by atoms with van der Waals surface area (Å²) in [6.45, 7) is 2.30. The molecule has 4 nitrogen and oxygen atoms in total. The van der Waals surface area contributed by atoms with Gasteiger partial charge in [-0.2, -0.15) is 0 Å². The molecule has 0 spiro atoms. The van der Waals surface area contributed by atoms with E-state index >= 15 is 0 Å². The maximum atomic E-state index is 11.1. The normalized spacial score (nSPS) is 11.0. The van der Waals surface area contributed by atoms with Gasteiger partial charge in [-0.25, -0.2) is 0 Å². The molecule has 0 aliphatic carbocycles. The first-order chi connectivity index (χ1) is 8.85. The quantitative estimate of drug-likeness (QED) is 0.425. The van der Waals surface area contributed by atoms with E-state index in [0.717, 1.165) is 21.9 Å². The van der Waals surface area contributed by atoms with E-state index < -0.39 is 0 Å². The van der Waals surface area contributed by atoms with Crippen molar-refractivity contribution in [2.75, 3.05) is 21.1 Å². The van der Waals surface area contributed by atoms with Gasteiger partial charge >= 0.3 is 5.97 Å². The fourth-order valence-electron chi connectivity index (χ4n) is 2.05. The number of carbonyl (C=O) groups excluding carboxylic acids is 1. The first-order valence-corrected chi connectivity index (χ1v) is 6.22. The minimum atomic E-state index is -0.329. The highest BCUT2D eigenvalue weighted by Crippen LogP contribution is 2.24. The number of ether oxygens (including phenoxy) is 1. The second kappa shape index (κ2) is 6.33. The Labute approximate surface area is 129 Å². The summed E-state index contributed by atoms with van der Waals surface area (Å²) in [4.78, 5) is 15.5. The van der Waals surface area contributed by atoms with Crippen molar-refractivity contribution in [2.24, 2.45) is 0 Å². The molecular formula is C15H19BrN2O2. The average molecular weight is 339 g/mol. The summed E-state index contributed by atoms with van der Waals surface area (Å²) in [5.41, 5.74) is 1.89. The first kappa shape index (κ1) is 16.6. The molecule has 1 aromatic carbocycles. The number of halogens is 1. The number of fused-ring (bicyclic) bond motifs is 1. The predicted molar refractivity (Wildman–Crippen MR) is 74.8 cm³/mol. The van der Waals surface area contributed by atoms with Crippen LogP contribution in [0.2, 0.25) is 0 Å². The van der Waals surface area contributed by atoms with E-state index in [0.29, 0.717) is 5.75 Å². The third kappa shape index (κ3) is 4.28. The van der Waals surface area contributed by atoms with Gasteiger partial charge in [0.2, 0.25) is 0 Å². The molecule has 0 N–H and O–H groups in total. The van der Waals surface area contributed by atoms with Gasteiger partial charge in [0, 0.05) is 24.1 Å². The average Bonchev–Trinajstić information content (AvgIpc) is 2.26. The molecule has 0 amide bonds. The Morgan fingerprint density at radius 3 is 2.60 bits per heavy atom. The van der Waals surface area contributed by atoms with Crippen molar-refractivity contribution < 1.29 is 31.0 Å². The fourth-order valence-corrected chi connectivity index (χ4v) is 2.05. The van der Waals surface area contributed by atoms with Crippen LogP contribution in [0.25, 0.3) is 10.9 Å². The van der Waals surface area contributed by atoms with Gasteiger partial charge in [0.05, 0.1) is 21.1 Å². The van der Waals surface area contributed by atoms with Crippen molar-refractivity contribution in [3.63, 3.8) is 0 Å². The van der Waals surface area contributed by atoms with Crippen molar-refractivity contribution in [1.82, 2.24) is 4.98 Å². The van der Waals surface area contributed by atoms with Gasteiger partial charge in [0.1, 0.15) is 12.1 Å². The lowest BCUT2D eigenvalue weighted by Gasteiger charge is -2.23. The van der Waals surface area contributed by atoms with Crippen LogP contribution >= 0.6 is 0 Å². The van der Waals surface area contributed by atoms with Crippen molar-refractivity contribution >= 4 is 16.9 Å². The topological polar surface area (TPSA) is 39.2 Å². The monoisotopic (exact) mass is 338 g/mol. The first-order valence-electron chi connectivity index (χ1n) is 6.22. The Bertz CT molecular complexity index is 621. The molecule has 20 heavy (non-hydrogen) atoms. The van der Waals surface area contributed by atoms with Crippen LogP contribution in [-0.2, 0) is 11.3 Å². The standard InChI is InChI=1S/C15H19N2O2.BrH/c1-11(18)19-14-7-5-6-13-8-12(9-16-15(13)14)10-17(2,3)4;/h5-9H,10H2,1-4H3;1H/q+1;/p-1. The lowest BCUT2D eigenvalue weighted by Crippen LogP contribution is -3.00. The molecule has 0 fully saturated rings. The van der Waals surface area contributed by atoms with Crippen molar-refractivity contribution in [3.05, 3.63) is 36.0 Å². The van der Waals surface area contributed by atoms with E-state index in [1.165, 1.54) is 12.5 Å². The zero-order valence-electron chi connectivity index (χ0n) is 12.2. The van der Waals surface area contributed by atoms with Crippen molar-refractivity contribution in [2.45, 2.75) is 13.5 Å². The predicted octanol–water partition coefficient (Wildman–Crippen LogP) is -0.630. The summed E-state index contributed by atoms with van der Waals surface area (Å²) in [5, 5.41) is 0.990. The maximum Gasteiger partial charge on any atom is 0.308 e.